The number of carbonyl (C=O) groups is 4. The number of rotatable bonds is 11. The van der Waals surface area contributed by atoms with Crippen LogP contribution >= 0.6 is 0 Å². The number of hydrogen-bond acceptors (Lipinski definition) is 7. The quantitative estimate of drug-likeness (QED) is 0.342. The highest BCUT2D eigenvalue weighted by molar-refractivity contribution is 7.91. The molecule has 0 spiro atoms. The fourth-order valence-corrected chi connectivity index (χ4v) is 6.94. The Morgan fingerprint density at radius 2 is 1.73 bits per heavy atom. The van der Waals surface area contributed by atoms with E-state index < -0.39 is 45.5 Å². The van der Waals surface area contributed by atoms with Crippen molar-refractivity contribution < 1.29 is 32.0 Å². The minimum absolute atomic E-state index is 0.0230. The van der Waals surface area contributed by atoms with Crippen molar-refractivity contribution in [3.8, 4) is 0 Å². The average Bonchev–Trinajstić information content (AvgIpc) is 3.50. The van der Waals surface area contributed by atoms with Gasteiger partial charge in [-0.3, -0.25) is 23.9 Å². The van der Waals surface area contributed by atoms with Gasteiger partial charge in [-0.25, -0.2) is 12.8 Å². The van der Waals surface area contributed by atoms with Crippen LogP contribution in [0.3, 0.4) is 0 Å². The van der Waals surface area contributed by atoms with E-state index in [0.29, 0.717) is 17.8 Å². The van der Waals surface area contributed by atoms with Gasteiger partial charge < -0.3 is 20.9 Å². The van der Waals surface area contributed by atoms with Crippen LogP contribution in [-0.2, 0) is 37.2 Å². The molecule has 4 rings (SSSR count). The maximum Gasteiger partial charge on any atom is 0.270 e. The van der Waals surface area contributed by atoms with Gasteiger partial charge in [0.15, 0.2) is 9.84 Å². The van der Waals surface area contributed by atoms with Crippen molar-refractivity contribution in [3.05, 3.63) is 47.5 Å². The first-order chi connectivity index (χ1) is 21.0. The number of amides is 4. The number of nitrogens with one attached hydrogen (secondary N) is 3. The van der Waals surface area contributed by atoms with Crippen molar-refractivity contribution in [2.45, 2.75) is 77.4 Å². The van der Waals surface area contributed by atoms with Crippen LogP contribution in [0.4, 0.5) is 10.1 Å². The molecular formula is C30H41FN6O6S. The summed E-state index contributed by atoms with van der Waals surface area (Å²) in [6.45, 7) is 4.04. The molecule has 0 radical (unpaired) electrons. The van der Waals surface area contributed by atoms with Gasteiger partial charge in [0.05, 0.1) is 17.2 Å². The highest BCUT2D eigenvalue weighted by atomic mass is 32.2. The first kappa shape index (κ1) is 33.1. The van der Waals surface area contributed by atoms with Crippen LogP contribution in [0.25, 0.3) is 0 Å². The molecular weight excluding hydrogens is 591 g/mol. The van der Waals surface area contributed by atoms with Gasteiger partial charge in [0.2, 0.25) is 17.7 Å². The minimum atomic E-state index is -3.21. The lowest BCUT2D eigenvalue weighted by Gasteiger charge is -2.31. The Morgan fingerprint density at radius 1 is 1.02 bits per heavy atom. The summed E-state index contributed by atoms with van der Waals surface area (Å²) in [7, 11) is -3.21. The number of nitrogens with zero attached hydrogens (tertiary/aromatic N) is 3. The summed E-state index contributed by atoms with van der Waals surface area (Å²) in [5.74, 6) is -2.89. The topological polar surface area (TPSA) is 160 Å². The van der Waals surface area contributed by atoms with Gasteiger partial charge in [-0.15, -0.1) is 0 Å². The van der Waals surface area contributed by atoms with Crippen molar-refractivity contribution in [1.82, 2.24) is 25.3 Å². The van der Waals surface area contributed by atoms with E-state index in [1.807, 2.05) is 6.92 Å². The number of carbonyl (C=O) groups excluding carboxylic acids is 4. The van der Waals surface area contributed by atoms with Crippen molar-refractivity contribution in [1.29, 1.82) is 0 Å². The predicted octanol–water partition coefficient (Wildman–Crippen LogP) is 2.05. The van der Waals surface area contributed by atoms with Gasteiger partial charge in [-0.2, -0.15) is 5.10 Å². The molecule has 44 heavy (non-hydrogen) atoms. The summed E-state index contributed by atoms with van der Waals surface area (Å²) in [6, 6.07) is 3.85. The van der Waals surface area contributed by atoms with Gasteiger partial charge in [-0.1, -0.05) is 32.3 Å². The molecule has 2 heterocycles. The summed E-state index contributed by atoms with van der Waals surface area (Å²) >= 11 is 0. The molecule has 1 aliphatic carbocycles. The number of hydrogen-bond donors (Lipinski definition) is 3. The smallest absolute Gasteiger partial charge is 0.270 e. The molecule has 0 bridgehead atoms. The number of aryl methyl sites for hydroxylation is 1. The van der Waals surface area contributed by atoms with E-state index in [9.17, 15) is 27.6 Å². The highest BCUT2D eigenvalue weighted by Crippen LogP contribution is 2.28. The summed E-state index contributed by atoms with van der Waals surface area (Å²) in [6.07, 6.45) is 6.07. The van der Waals surface area contributed by atoms with E-state index in [1.54, 1.807) is 19.1 Å². The number of sulfone groups is 1. The molecule has 12 nitrogen and oxygen atoms in total. The molecule has 0 unspecified atom stereocenters. The Bertz CT molecular complexity index is 1460. The van der Waals surface area contributed by atoms with E-state index in [2.05, 4.69) is 21.0 Å². The van der Waals surface area contributed by atoms with E-state index in [0.717, 1.165) is 32.1 Å². The van der Waals surface area contributed by atoms with Gasteiger partial charge in [0, 0.05) is 38.7 Å². The van der Waals surface area contributed by atoms with E-state index >= 15 is 4.39 Å². The van der Waals surface area contributed by atoms with E-state index in [4.69, 9.17) is 0 Å². The normalized spacial score (nSPS) is 18.2. The molecule has 1 aromatic heterocycles. The van der Waals surface area contributed by atoms with Gasteiger partial charge in [0.1, 0.15) is 23.6 Å². The standard InChI is InChI=1S/C30H41FN6O6S/c1-3-26(38)33-24(30(41)36-14-16-44(42,43)17-15-36)19-20-10-11-23(22(31)18-20)34-29(40)27(21-8-6-5-7-9-21)35-28(39)25-12-13-32-37(25)4-2/h10-13,18,21,24,27H,3-9,14-17,19H2,1-2H3,(H,33,38)(H,34,40)(H,35,39)/t24-,27+/m1/s1. The molecule has 2 aliphatic rings. The lowest BCUT2D eigenvalue weighted by molar-refractivity contribution is -0.136. The maximum absolute atomic E-state index is 15.4. The molecule has 1 saturated carbocycles. The molecule has 1 aliphatic heterocycles. The second-order valence-electron chi connectivity index (χ2n) is 11.3. The first-order valence-electron chi connectivity index (χ1n) is 15.2. The molecule has 3 N–H and O–H groups in total. The second-order valence-corrected chi connectivity index (χ2v) is 13.6. The number of anilines is 1. The number of benzene rings is 1. The SMILES string of the molecule is CCC(=O)N[C@H](Cc1ccc(NC(=O)[C@@H](NC(=O)c2ccnn2CC)C2CCCCC2)c(F)c1)C(=O)N1CCS(=O)(=O)CC1. The van der Waals surface area contributed by atoms with Crippen molar-refractivity contribution in [3.63, 3.8) is 0 Å². The van der Waals surface area contributed by atoms with Gasteiger partial charge >= 0.3 is 0 Å². The molecule has 2 fully saturated rings. The van der Waals surface area contributed by atoms with E-state index in [1.165, 1.54) is 27.9 Å². The van der Waals surface area contributed by atoms with Crippen LogP contribution in [0.2, 0.25) is 0 Å². The van der Waals surface area contributed by atoms with Crippen LogP contribution in [0.5, 0.6) is 0 Å². The Hall–Kier alpha value is -3.81. The monoisotopic (exact) mass is 632 g/mol. The first-order valence-corrected chi connectivity index (χ1v) is 17.0. The molecule has 1 aromatic carbocycles. The molecule has 2 atom stereocenters. The van der Waals surface area contributed by atoms with Crippen LogP contribution in [0.1, 0.15) is 68.4 Å². The second kappa shape index (κ2) is 14.8. The Kier molecular flexibility index (Phi) is 11.1. The maximum atomic E-state index is 15.4. The van der Waals surface area contributed by atoms with Crippen LogP contribution in [0, 0.1) is 11.7 Å². The number of halogens is 1. The molecule has 240 valence electrons. The Balaban J connectivity index is 1.48. The summed E-state index contributed by atoms with van der Waals surface area (Å²) in [4.78, 5) is 53.4. The molecule has 4 amide bonds. The summed E-state index contributed by atoms with van der Waals surface area (Å²) in [5, 5.41) is 12.3. The van der Waals surface area contributed by atoms with Crippen molar-refractivity contribution >= 4 is 39.2 Å². The van der Waals surface area contributed by atoms with Crippen molar-refractivity contribution in [2.24, 2.45) is 5.92 Å². The fraction of sp³-hybridized carbons (Fsp3) is 0.567. The predicted molar refractivity (Wildman–Crippen MR) is 162 cm³/mol. The molecule has 1 saturated heterocycles. The molecule has 14 heteroatoms. The molecule has 2 aromatic rings. The van der Waals surface area contributed by atoms with E-state index in [-0.39, 0.29) is 54.9 Å². The lowest BCUT2D eigenvalue weighted by atomic mass is 9.83. The number of aromatic nitrogens is 2. The highest BCUT2D eigenvalue weighted by Gasteiger charge is 2.33. The third-order valence-electron chi connectivity index (χ3n) is 8.28. The van der Waals surface area contributed by atoms with Gasteiger partial charge in [0.25, 0.3) is 5.91 Å². The summed E-state index contributed by atoms with van der Waals surface area (Å²) < 4.78 is 40.5. The zero-order valence-electron chi connectivity index (χ0n) is 25.2. The zero-order chi connectivity index (χ0) is 31.9. The van der Waals surface area contributed by atoms with Crippen LogP contribution < -0.4 is 16.0 Å². The largest absolute Gasteiger partial charge is 0.344 e. The third-order valence-corrected chi connectivity index (χ3v) is 9.89. The van der Waals surface area contributed by atoms with Gasteiger partial charge in [-0.05, 0) is 49.4 Å². The fourth-order valence-electron chi connectivity index (χ4n) is 5.74. The van der Waals surface area contributed by atoms with Crippen LogP contribution in [0.15, 0.2) is 30.5 Å². The van der Waals surface area contributed by atoms with Crippen molar-refractivity contribution in [2.75, 3.05) is 29.9 Å². The lowest BCUT2D eigenvalue weighted by Crippen LogP contribution is -2.53. The van der Waals surface area contributed by atoms with Crippen LogP contribution in [-0.4, -0.2) is 83.4 Å². The summed E-state index contributed by atoms with van der Waals surface area (Å²) in [5.41, 5.74) is 0.668. The minimum Gasteiger partial charge on any atom is -0.344 e. The Morgan fingerprint density at radius 3 is 2.36 bits per heavy atom. The zero-order valence-corrected chi connectivity index (χ0v) is 26.0. The third kappa shape index (κ3) is 8.42. The Labute approximate surface area is 257 Å². The average molecular weight is 633 g/mol.